The molecule has 2 atom stereocenters. The van der Waals surface area contributed by atoms with E-state index in [1.807, 2.05) is 0 Å². The zero-order valence-electron chi connectivity index (χ0n) is 13.7. The van der Waals surface area contributed by atoms with Crippen LogP contribution in [0.1, 0.15) is 53.4 Å². The molecule has 2 nitrogen and oxygen atoms in total. The molecule has 116 valence electrons. The third-order valence-electron chi connectivity index (χ3n) is 5.16. The SMILES string of the molecule is CC(C)C1CCC(=O)C(CN2CCSC(C)(C)CC2)C1. The molecule has 2 unspecified atom stereocenters. The van der Waals surface area contributed by atoms with Crippen molar-refractivity contribution in [3.05, 3.63) is 0 Å². The van der Waals surface area contributed by atoms with Crippen molar-refractivity contribution in [1.29, 1.82) is 0 Å². The van der Waals surface area contributed by atoms with Crippen LogP contribution in [0.25, 0.3) is 0 Å². The van der Waals surface area contributed by atoms with E-state index < -0.39 is 0 Å². The van der Waals surface area contributed by atoms with Gasteiger partial charge in [0.25, 0.3) is 0 Å². The standard InChI is InChI=1S/C17H31NOS/c1-13(2)14-5-6-16(19)15(11-14)12-18-8-7-17(3,4)20-10-9-18/h13-15H,5-12H2,1-4H3. The molecule has 0 aromatic carbocycles. The first-order valence-electron chi connectivity index (χ1n) is 8.26. The maximum atomic E-state index is 12.2. The van der Waals surface area contributed by atoms with Crippen molar-refractivity contribution in [2.75, 3.05) is 25.4 Å². The molecule has 0 N–H and O–H groups in total. The van der Waals surface area contributed by atoms with Gasteiger partial charge in [-0.05, 0) is 37.6 Å². The van der Waals surface area contributed by atoms with E-state index in [2.05, 4.69) is 44.4 Å². The van der Waals surface area contributed by atoms with Crippen LogP contribution in [0.4, 0.5) is 0 Å². The summed E-state index contributed by atoms with van der Waals surface area (Å²) >= 11 is 2.09. The molecule has 3 heteroatoms. The molecule has 1 saturated heterocycles. The summed E-state index contributed by atoms with van der Waals surface area (Å²) in [6.07, 6.45) is 4.31. The fourth-order valence-electron chi connectivity index (χ4n) is 3.48. The third-order valence-corrected chi connectivity index (χ3v) is 6.53. The van der Waals surface area contributed by atoms with Gasteiger partial charge in [-0.15, -0.1) is 0 Å². The number of thioether (sulfide) groups is 1. The number of nitrogens with zero attached hydrogens (tertiary/aromatic N) is 1. The van der Waals surface area contributed by atoms with Gasteiger partial charge < -0.3 is 4.90 Å². The molecule has 1 heterocycles. The predicted octanol–water partition coefficient (Wildman–Crippen LogP) is 3.85. The number of carbonyl (C=O) groups is 1. The van der Waals surface area contributed by atoms with E-state index in [-0.39, 0.29) is 0 Å². The van der Waals surface area contributed by atoms with E-state index >= 15 is 0 Å². The lowest BCUT2D eigenvalue weighted by Crippen LogP contribution is -2.38. The number of Topliss-reactive ketones (excluding diaryl/α,β-unsaturated/α-hetero) is 1. The maximum absolute atomic E-state index is 12.2. The Labute approximate surface area is 129 Å². The predicted molar refractivity (Wildman–Crippen MR) is 88.3 cm³/mol. The Hall–Kier alpha value is -0.0200. The van der Waals surface area contributed by atoms with Crippen molar-refractivity contribution in [3.63, 3.8) is 0 Å². The molecule has 2 rings (SSSR count). The molecule has 0 bridgehead atoms. The molecule has 2 aliphatic rings. The van der Waals surface area contributed by atoms with Crippen LogP contribution in [0, 0.1) is 17.8 Å². The molecule has 0 aromatic heterocycles. The first-order valence-corrected chi connectivity index (χ1v) is 9.25. The van der Waals surface area contributed by atoms with Crippen LogP contribution in [0.5, 0.6) is 0 Å². The highest BCUT2D eigenvalue weighted by Gasteiger charge is 2.32. The van der Waals surface area contributed by atoms with Crippen LogP contribution in [-0.2, 0) is 4.79 Å². The fourth-order valence-corrected chi connectivity index (χ4v) is 4.62. The first-order chi connectivity index (χ1) is 9.37. The maximum Gasteiger partial charge on any atom is 0.137 e. The summed E-state index contributed by atoms with van der Waals surface area (Å²) in [6, 6.07) is 0. The van der Waals surface area contributed by atoms with Gasteiger partial charge in [-0.1, -0.05) is 27.7 Å². The van der Waals surface area contributed by atoms with Crippen molar-refractivity contribution >= 4 is 17.5 Å². The summed E-state index contributed by atoms with van der Waals surface area (Å²) in [7, 11) is 0. The number of hydrogen-bond acceptors (Lipinski definition) is 3. The average molecular weight is 298 g/mol. The van der Waals surface area contributed by atoms with Crippen molar-refractivity contribution in [1.82, 2.24) is 4.90 Å². The molecule has 0 radical (unpaired) electrons. The molecule has 0 amide bonds. The third kappa shape index (κ3) is 4.49. The van der Waals surface area contributed by atoms with Gasteiger partial charge in [-0.3, -0.25) is 4.79 Å². The number of hydrogen-bond donors (Lipinski definition) is 0. The van der Waals surface area contributed by atoms with Gasteiger partial charge in [0.1, 0.15) is 5.78 Å². The highest BCUT2D eigenvalue weighted by molar-refractivity contribution is 8.00. The summed E-state index contributed by atoms with van der Waals surface area (Å²) in [5.41, 5.74) is 0. The molecular formula is C17H31NOS. The van der Waals surface area contributed by atoms with Gasteiger partial charge in [-0.25, -0.2) is 0 Å². The number of rotatable bonds is 3. The van der Waals surface area contributed by atoms with Crippen LogP contribution in [0.15, 0.2) is 0 Å². The van der Waals surface area contributed by atoms with E-state index in [1.54, 1.807) is 0 Å². The zero-order valence-corrected chi connectivity index (χ0v) is 14.5. The second-order valence-corrected chi connectivity index (χ2v) is 9.40. The summed E-state index contributed by atoms with van der Waals surface area (Å²) in [6.45, 7) is 12.6. The van der Waals surface area contributed by atoms with Crippen LogP contribution in [-0.4, -0.2) is 40.8 Å². The van der Waals surface area contributed by atoms with Gasteiger partial charge in [0.05, 0.1) is 0 Å². The molecular weight excluding hydrogens is 266 g/mol. The Balaban J connectivity index is 1.89. The van der Waals surface area contributed by atoms with Crippen molar-refractivity contribution < 1.29 is 4.79 Å². The van der Waals surface area contributed by atoms with E-state index in [4.69, 9.17) is 0 Å². The molecule has 1 aliphatic heterocycles. The van der Waals surface area contributed by atoms with E-state index in [0.29, 0.717) is 16.4 Å². The Bertz CT molecular complexity index is 340. The quantitative estimate of drug-likeness (QED) is 0.789. The minimum absolute atomic E-state index is 0.308. The van der Waals surface area contributed by atoms with Crippen LogP contribution in [0.3, 0.4) is 0 Å². The van der Waals surface area contributed by atoms with Gasteiger partial charge in [0.2, 0.25) is 0 Å². The van der Waals surface area contributed by atoms with E-state index in [9.17, 15) is 4.79 Å². The Kier molecular flexibility index (Phi) is 5.58. The van der Waals surface area contributed by atoms with Crippen molar-refractivity contribution in [2.45, 2.75) is 58.1 Å². The van der Waals surface area contributed by atoms with Crippen molar-refractivity contribution in [3.8, 4) is 0 Å². The van der Waals surface area contributed by atoms with E-state index in [0.717, 1.165) is 50.7 Å². The van der Waals surface area contributed by atoms with Crippen LogP contribution < -0.4 is 0 Å². The van der Waals surface area contributed by atoms with Gasteiger partial charge in [0.15, 0.2) is 0 Å². The summed E-state index contributed by atoms with van der Waals surface area (Å²) in [5, 5.41) is 0. The second kappa shape index (κ2) is 6.83. The smallest absolute Gasteiger partial charge is 0.137 e. The minimum atomic E-state index is 0.308. The molecule has 1 aliphatic carbocycles. The van der Waals surface area contributed by atoms with Crippen LogP contribution >= 0.6 is 11.8 Å². The number of ketones is 1. The lowest BCUT2D eigenvalue weighted by Gasteiger charge is -2.33. The molecule has 0 spiro atoms. The largest absolute Gasteiger partial charge is 0.302 e. The van der Waals surface area contributed by atoms with E-state index in [1.165, 1.54) is 12.2 Å². The molecule has 2 fully saturated rings. The summed E-state index contributed by atoms with van der Waals surface area (Å²) < 4.78 is 0.409. The zero-order chi connectivity index (χ0) is 14.8. The summed E-state index contributed by atoms with van der Waals surface area (Å²) in [5.74, 6) is 3.53. The summed E-state index contributed by atoms with van der Waals surface area (Å²) in [4.78, 5) is 14.8. The minimum Gasteiger partial charge on any atom is -0.302 e. The topological polar surface area (TPSA) is 20.3 Å². The molecule has 1 saturated carbocycles. The highest BCUT2D eigenvalue weighted by atomic mass is 32.2. The first kappa shape index (κ1) is 16.4. The lowest BCUT2D eigenvalue weighted by atomic mass is 9.75. The Morgan fingerprint density at radius 1 is 1.35 bits per heavy atom. The second-order valence-electron chi connectivity index (χ2n) is 7.60. The highest BCUT2D eigenvalue weighted by Crippen LogP contribution is 2.34. The van der Waals surface area contributed by atoms with Gasteiger partial charge >= 0.3 is 0 Å². The van der Waals surface area contributed by atoms with Gasteiger partial charge in [0, 0.05) is 35.9 Å². The normalized spacial score (nSPS) is 32.4. The number of carbonyl (C=O) groups excluding carboxylic acids is 1. The Morgan fingerprint density at radius 2 is 2.10 bits per heavy atom. The van der Waals surface area contributed by atoms with Crippen LogP contribution in [0.2, 0.25) is 0 Å². The van der Waals surface area contributed by atoms with Gasteiger partial charge in [-0.2, -0.15) is 11.8 Å². The fraction of sp³-hybridized carbons (Fsp3) is 0.941. The monoisotopic (exact) mass is 297 g/mol. The lowest BCUT2D eigenvalue weighted by molar-refractivity contribution is -0.126. The Morgan fingerprint density at radius 3 is 2.80 bits per heavy atom. The molecule has 0 aromatic rings. The van der Waals surface area contributed by atoms with Crippen molar-refractivity contribution in [2.24, 2.45) is 17.8 Å². The average Bonchev–Trinajstić information content (AvgIpc) is 2.53. The molecule has 20 heavy (non-hydrogen) atoms.